The van der Waals surface area contributed by atoms with Gasteiger partial charge in [-0.3, -0.25) is 4.98 Å². The summed E-state index contributed by atoms with van der Waals surface area (Å²) in [6.45, 7) is 1.90. The summed E-state index contributed by atoms with van der Waals surface area (Å²) < 4.78 is 0. The fourth-order valence-electron chi connectivity index (χ4n) is 2.10. The first kappa shape index (κ1) is 12.0. The topological polar surface area (TPSA) is 53.4 Å². The summed E-state index contributed by atoms with van der Waals surface area (Å²) in [5.41, 5.74) is 1.17. The molecule has 0 unspecified atom stereocenters. The molecule has 0 amide bonds. The number of aromatic carboxylic acids is 1. The molecule has 0 spiro atoms. The van der Waals surface area contributed by atoms with Gasteiger partial charge in [0.15, 0.2) is 0 Å². The Labute approximate surface area is 101 Å². The number of carbonyl (C=O) groups is 1. The van der Waals surface area contributed by atoms with Crippen molar-refractivity contribution in [3.8, 4) is 0 Å². The van der Waals surface area contributed by atoms with Gasteiger partial charge in [0.1, 0.15) is 0 Å². The Kier molecular flexibility index (Phi) is 3.74. The lowest BCUT2D eigenvalue weighted by Gasteiger charge is -2.29. The Morgan fingerprint density at radius 3 is 2.76 bits per heavy atom. The predicted molar refractivity (Wildman–Crippen MR) is 64.9 cm³/mol. The molecule has 92 valence electrons. The van der Waals surface area contributed by atoms with Gasteiger partial charge in [0, 0.05) is 19.3 Å². The minimum absolute atomic E-state index is 0.246. The van der Waals surface area contributed by atoms with E-state index in [9.17, 15) is 4.79 Å². The van der Waals surface area contributed by atoms with E-state index in [2.05, 4.69) is 16.9 Å². The lowest BCUT2D eigenvalue weighted by Crippen LogP contribution is -2.29. The second kappa shape index (κ2) is 5.27. The second-order valence-corrected chi connectivity index (χ2v) is 4.84. The largest absolute Gasteiger partial charge is 0.478 e. The van der Waals surface area contributed by atoms with Gasteiger partial charge < -0.3 is 10.0 Å². The zero-order valence-corrected chi connectivity index (χ0v) is 10.1. The first-order chi connectivity index (χ1) is 8.15. The molecule has 0 radical (unpaired) electrons. The molecule has 0 bridgehead atoms. The first-order valence-electron chi connectivity index (χ1n) is 6.02. The number of rotatable bonds is 5. The van der Waals surface area contributed by atoms with Crippen molar-refractivity contribution in [3.63, 3.8) is 0 Å². The fourth-order valence-corrected chi connectivity index (χ4v) is 2.10. The number of hydrogen-bond acceptors (Lipinski definition) is 3. The molecule has 1 fully saturated rings. The molecule has 0 atom stereocenters. The van der Waals surface area contributed by atoms with E-state index in [4.69, 9.17) is 5.11 Å². The maximum absolute atomic E-state index is 10.7. The van der Waals surface area contributed by atoms with Crippen LogP contribution in [-0.2, 0) is 6.54 Å². The lowest BCUT2D eigenvalue weighted by molar-refractivity contribution is 0.0696. The molecule has 1 heterocycles. The summed E-state index contributed by atoms with van der Waals surface area (Å²) >= 11 is 0. The van der Waals surface area contributed by atoms with Crippen LogP contribution >= 0.6 is 0 Å². The number of nitrogens with zero attached hydrogens (tertiary/aromatic N) is 2. The van der Waals surface area contributed by atoms with Crippen molar-refractivity contribution >= 4 is 5.97 Å². The van der Waals surface area contributed by atoms with Crippen molar-refractivity contribution in [2.75, 3.05) is 13.6 Å². The fraction of sp³-hybridized carbons (Fsp3) is 0.538. The smallest absolute Gasteiger partial charge is 0.337 e. The standard InChI is InChI=1S/C13H18N2O2/c1-15(8-10-3-2-4-10)9-12-6-5-11(7-14-12)13(16)17/h5-7,10H,2-4,8-9H2,1H3,(H,16,17). The summed E-state index contributed by atoms with van der Waals surface area (Å²) in [7, 11) is 2.09. The second-order valence-electron chi connectivity index (χ2n) is 4.84. The van der Waals surface area contributed by atoms with Gasteiger partial charge in [-0.25, -0.2) is 4.79 Å². The van der Waals surface area contributed by atoms with E-state index in [-0.39, 0.29) is 5.56 Å². The third-order valence-corrected chi connectivity index (χ3v) is 3.30. The molecular formula is C13H18N2O2. The van der Waals surface area contributed by atoms with Crippen LogP contribution in [0.4, 0.5) is 0 Å². The van der Waals surface area contributed by atoms with E-state index in [1.54, 1.807) is 12.1 Å². The number of carboxylic acid groups (broad SMARTS) is 1. The summed E-state index contributed by atoms with van der Waals surface area (Å²) in [6.07, 6.45) is 5.48. The highest BCUT2D eigenvalue weighted by Crippen LogP contribution is 2.26. The monoisotopic (exact) mass is 234 g/mol. The molecular weight excluding hydrogens is 216 g/mol. The molecule has 1 aliphatic rings. The quantitative estimate of drug-likeness (QED) is 0.846. The molecule has 4 heteroatoms. The summed E-state index contributed by atoms with van der Waals surface area (Å²) in [5, 5.41) is 8.77. The van der Waals surface area contributed by atoms with E-state index in [1.165, 1.54) is 25.5 Å². The van der Waals surface area contributed by atoms with Crippen molar-refractivity contribution in [1.82, 2.24) is 9.88 Å². The van der Waals surface area contributed by atoms with Crippen LogP contribution in [0.5, 0.6) is 0 Å². The van der Waals surface area contributed by atoms with Crippen molar-refractivity contribution in [1.29, 1.82) is 0 Å². The Morgan fingerprint density at radius 2 is 2.29 bits per heavy atom. The van der Waals surface area contributed by atoms with Crippen LogP contribution in [0, 0.1) is 5.92 Å². The summed E-state index contributed by atoms with van der Waals surface area (Å²) in [4.78, 5) is 17.1. The minimum Gasteiger partial charge on any atom is -0.478 e. The first-order valence-corrected chi connectivity index (χ1v) is 6.02. The highest BCUT2D eigenvalue weighted by molar-refractivity contribution is 5.87. The van der Waals surface area contributed by atoms with Crippen LogP contribution < -0.4 is 0 Å². The molecule has 4 nitrogen and oxygen atoms in total. The van der Waals surface area contributed by atoms with Gasteiger partial charge in [-0.2, -0.15) is 0 Å². The third kappa shape index (κ3) is 3.27. The molecule has 1 N–H and O–H groups in total. The van der Waals surface area contributed by atoms with E-state index < -0.39 is 5.97 Å². The third-order valence-electron chi connectivity index (χ3n) is 3.30. The van der Waals surface area contributed by atoms with Crippen LogP contribution in [0.1, 0.15) is 35.3 Å². The molecule has 1 saturated carbocycles. The Morgan fingerprint density at radius 1 is 1.53 bits per heavy atom. The number of hydrogen-bond donors (Lipinski definition) is 1. The van der Waals surface area contributed by atoms with Crippen molar-refractivity contribution in [2.24, 2.45) is 5.92 Å². The van der Waals surface area contributed by atoms with E-state index in [1.807, 2.05) is 0 Å². The summed E-state index contributed by atoms with van der Waals surface area (Å²) in [5.74, 6) is -0.0786. The molecule has 1 aromatic rings. The SMILES string of the molecule is CN(Cc1ccc(C(=O)O)cn1)CC1CCC1. The van der Waals surface area contributed by atoms with Crippen LogP contribution in [-0.4, -0.2) is 34.6 Å². The van der Waals surface area contributed by atoms with E-state index in [0.29, 0.717) is 0 Å². The van der Waals surface area contributed by atoms with Crippen LogP contribution in [0.3, 0.4) is 0 Å². The Hall–Kier alpha value is -1.42. The van der Waals surface area contributed by atoms with Gasteiger partial charge in [-0.05, 0) is 37.9 Å². The minimum atomic E-state index is -0.924. The number of aromatic nitrogens is 1. The van der Waals surface area contributed by atoms with Gasteiger partial charge >= 0.3 is 5.97 Å². The zero-order valence-electron chi connectivity index (χ0n) is 10.1. The normalized spacial score (nSPS) is 15.9. The number of pyridine rings is 1. The van der Waals surface area contributed by atoms with E-state index in [0.717, 1.165) is 24.7 Å². The molecule has 1 aliphatic carbocycles. The Balaban J connectivity index is 1.86. The average Bonchev–Trinajstić information content (AvgIpc) is 2.24. The average molecular weight is 234 g/mol. The van der Waals surface area contributed by atoms with Crippen molar-refractivity contribution < 1.29 is 9.90 Å². The highest BCUT2D eigenvalue weighted by Gasteiger charge is 2.19. The van der Waals surface area contributed by atoms with Crippen LogP contribution in [0.2, 0.25) is 0 Å². The molecule has 17 heavy (non-hydrogen) atoms. The van der Waals surface area contributed by atoms with Crippen molar-refractivity contribution in [3.05, 3.63) is 29.6 Å². The maximum Gasteiger partial charge on any atom is 0.337 e. The predicted octanol–water partition coefficient (Wildman–Crippen LogP) is 2.01. The van der Waals surface area contributed by atoms with Gasteiger partial charge in [-0.15, -0.1) is 0 Å². The molecule has 1 aromatic heterocycles. The lowest BCUT2D eigenvalue weighted by atomic mass is 9.85. The maximum atomic E-state index is 10.7. The molecule has 0 aromatic carbocycles. The van der Waals surface area contributed by atoms with Crippen LogP contribution in [0.15, 0.2) is 18.3 Å². The highest BCUT2D eigenvalue weighted by atomic mass is 16.4. The number of carboxylic acids is 1. The van der Waals surface area contributed by atoms with E-state index >= 15 is 0 Å². The van der Waals surface area contributed by atoms with Crippen LogP contribution in [0.25, 0.3) is 0 Å². The molecule has 2 rings (SSSR count). The van der Waals surface area contributed by atoms with Gasteiger partial charge in [-0.1, -0.05) is 6.42 Å². The zero-order chi connectivity index (χ0) is 12.3. The molecule has 0 saturated heterocycles. The van der Waals surface area contributed by atoms with Gasteiger partial charge in [0.25, 0.3) is 0 Å². The van der Waals surface area contributed by atoms with Gasteiger partial charge in [0.2, 0.25) is 0 Å². The Bertz CT molecular complexity index is 385. The van der Waals surface area contributed by atoms with Gasteiger partial charge in [0.05, 0.1) is 11.3 Å². The summed E-state index contributed by atoms with van der Waals surface area (Å²) in [6, 6.07) is 3.41. The molecule has 0 aliphatic heterocycles. The van der Waals surface area contributed by atoms with Crippen molar-refractivity contribution in [2.45, 2.75) is 25.8 Å².